The number of esters is 1. The Labute approximate surface area is 119 Å². The van der Waals surface area contributed by atoms with Gasteiger partial charge >= 0.3 is 5.97 Å². The van der Waals surface area contributed by atoms with E-state index < -0.39 is 15.8 Å². The topological polar surface area (TPSA) is 91.1 Å². The van der Waals surface area contributed by atoms with Crippen LogP contribution in [0, 0.1) is 0 Å². The summed E-state index contributed by atoms with van der Waals surface area (Å²) < 4.78 is 29.1. The van der Waals surface area contributed by atoms with Crippen molar-refractivity contribution in [2.75, 3.05) is 18.6 Å². The van der Waals surface area contributed by atoms with Crippen LogP contribution in [0.3, 0.4) is 0 Å². The van der Waals surface area contributed by atoms with Gasteiger partial charge < -0.3 is 4.74 Å². The van der Waals surface area contributed by atoms with Crippen molar-refractivity contribution in [3.05, 3.63) is 11.4 Å². The van der Waals surface area contributed by atoms with E-state index in [2.05, 4.69) is 15.0 Å². The second-order valence-corrected chi connectivity index (χ2v) is 7.26. The van der Waals surface area contributed by atoms with Crippen LogP contribution in [0.15, 0.2) is 0 Å². The first-order valence-corrected chi connectivity index (χ1v) is 8.36. The highest BCUT2D eigenvalue weighted by Crippen LogP contribution is 2.18. The molecular formula is C12H21N3O4S. The fourth-order valence-corrected chi connectivity index (χ4v) is 2.74. The molecule has 1 heterocycles. The normalized spacial score (nSPS) is 11.8. The molecule has 0 atom stereocenters. The minimum Gasteiger partial charge on any atom is -0.464 e. The van der Waals surface area contributed by atoms with Crippen molar-refractivity contribution in [2.24, 2.45) is 0 Å². The smallest absolute Gasteiger partial charge is 0.360 e. The lowest BCUT2D eigenvalue weighted by Crippen LogP contribution is -2.15. The van der Waals surface area contributed by atoms with Crippen molar-refractivity contribution in [2.45, 2.75) is 39.7 Å². The molecule has 0 amide bonds. The summed E-state index contributed by atoms with van der Waals surface area (Å²) in [6, 6.07) is 0. The van der Waals surface area contributed by atoms with Crippen LogP contribution < -0.4 is 0 Å². The van der Waals surface area contributed by atoms with Crippen LogP contribution in [0.4, 0.5) is 0 Å². The van der Waals surface area contributed by atoms with Crippen molar-refractivity contribution in [1.29, 1.82) is 0 Å². The first-order chi connectivity index (χ1) is 9.32. The first kappa shape index (κ1) is 16.6. The zero-order valence-electron chi connectivity index (χ0n) is 12.3. The third kappa shape index (κ3) is 4.03. The SMILES string of the molecule is CCS(=O)(=O)CCCn1nnc(C(=O)OC)c1C(C)C. The summed E-state index contributed by atoms with van der Waals surface area (Å²) in [5.74, 6) is -0.244. The molecule has 0 N–H and O–H groups in total. The van der Waals surface area contributed by atoms with E-state index in [1.54, 1.807) is 11.6 Å². The van der Waals surface area contributed by atoms with Crippen LogP contribution in [-0.4, -0.2) is 48.0 Å². The molecule has 0 radical (unpaired) electrons. The molecule has 114 valence electrons. The van der Waals surface area contributed by atoms with E-state index in [1.807, 2.05) is 13.8 Å². The second kappa shape index (κ2) is 6.83. The Hall–Kier alpha value is -1.44. The molecule has 0 aliphatic heterocycles. The zero-order chi connectivity index (χ0) is 15.3. The number of aromatic nitrogens is 3. The first-order valence-electron chi connectivity index (χ1n) is 6.54. The fourth-order valence-electron chi connectivity index (χ4n) is 1.88. The average molecular weight is 303 g/mol. The monoisotopic (exact) mass is 303 g/mol. The Morgan fingerprint density at radius 2 is 2.05 bits per heavy atom. The van der Waals surface area contributed by atoms with Gasteiger partial charge in [0.05, 0.1) is 18.6 Å². The zero-order valence-corrected chi connectivity index (χ0v) is 13.1. The van der Waals surface area contributed by atoms with Crippen LogP contribution in [0.1, 0.15) is 49.3 Å². The third-order valence-corrected chi connectivity index (χ3v) is 4.75. The number of carbonyl (C=O) groups excluding carboxylic acids is 1. The van der Waals surface area contributed by atoms with Crippen LogP contribution in [0.2, 0.25) is 0 Å². The van der Waals surface area contributed by atoms with Crippen LogP contribution >= 0.6 is 0 Å². The Morgan fingerprint density at radius 1 is 1.40 bits per heavy atom. The fraction of sp³-hybridized carbons (Fsp3) is 0.750. The third-order valence-electron chi connectivity index (χ3n) is 2.96. The molecule has 1 rings (SSSR count). The van der Waals surface area contributed by atoms with Crippen molar-refractivity contribution in [1.82, 2.24) is 15.0 Å². The molecule has 8 heteroatoms. The van der Waals surface area contributed by atoms with Gasteiger partial charge in [-0.25, -0.2) is 17.9 Å². The molecule has 0 saturated carbocycles. The molecule has 20 heavy (non-hydrogen) atoms. The Kier molecular flexibility index (Phi) is 5.67. The van der Waals surface area contributed by atoms with Crippen molar-refractivity contribution in [3.8, 4) is 0 Å². The van der Waals surface area contributed by atoms with E-state index >= 15 is 0 Å². The van der Waals surface area contributed by atoms with E-state index in [0.717, 1.165) is 0 Å². The predicted octanol–water partition coefficient (Wildman–Crippen LogP) is 1.01. The number of aryl methyl sites for hydroxylation is 1. The number of carbonyl (C=O) groups is 1. The second-order valence-electron chi connectivity index (χ2n) is 4.78. The molecule has 0 bridgehead atoms. The number of nitrogens with zero attached hydrogens (tertiary/aromatic N) is 3. The van der Waals surface area contributed by atoms with Crippen LogP contribution in [0.25, 0.3) is 0 Å². The maximum Gasteiger partial charge on any atom is 0.360 e. The number of methoxy groups -OCH3 is 1. The van der Waals surface area contributed by atoms with Crippen LogP contribution in [0.5, 0.6) is 0 Å². The summed E-state index contributed by atoms with van der Waals surface area (Å²) in [6.45, 7) is 5.88. The number of sulfone groups is 1. The van der Waals surface area contributed by atoms with Gasteiger partial charge in [0, 0.05) is 12.3 Å². The molecule has 7 nitrogen and oxygen atoms in total. The molecule has 0 aliphatic carbocycles. The molecule has 0 spiro atoms. The van der Waals surface area contributed by atoms with Gasteiger partial charge in [0.1, 0.15) is 9.84 Å². The van der Waals surface area contributed by atoms with E-state index in [9.17, 15) is 13.2 Å². The molecule has 0 fully saturated rings. The predicted molar refractivity (Wildman–Crippen MR) is 74.4 cm³/mol. The summed E-state index contributed by atoms with van der Waals surface area (Å²) in [7, 11) is -1.70. The molecule has 0 aromatic carbocycles. The van der Waals surface area contributed by atoms with E-state index in [1.165, 1.54) is 7.11 Å². The van der Waals surface area contributed by atoms with Gasteiger partial charge in [-0.15, -0.1) is 5.10 Å². The molecule has 0 saturated heterocycles. The van der Waals surface area contributed by atoms with Gasteiger partial charge in [-0.3, -0.25) is 0 Å². The van der Waals surface area contributed by atoms with E-state index in [4.69, 9.17) is 0 Å². The maximum atomic E-state index is 11.6. The summed E-state index contributed by atoms with van der Waals surface area (Å²) in [6.07, 6.45) is 0.444. The van der Waals surface area contributed by atoms with Gasteiger partial charge in [0.15, 0.2) is 5.69 Å². The Morgan fingerprint density at radius 3 is 2.55 bits per heavy atom. The highest BCUT2D eigenvalue weighted by atomic mass is 32.2. The van der Waals surface area contributed by atoms with E-state index in [-0.39, 0.29) is 23.1 Å². The largest absolute Gasteiger partial charge is 0.464 e. The van der Waals surface area contributed by atoms with Crippen molar-refractivity contribution in [3.63, 3.8) is 0 Å². The van der Waals surface area contributed by atoms with Crippen molar-refractivity contribution < 1.29 is 17.9 Å². The molecule has 1 aromatic rings. The highest BCUT2D eigenvalue weighted by molar-refractivity contribution is 7.91. The van der Waals surface area contributed by atoms with Gasteiger partial charge in [-0.2, -0.15) is 0 Å². The Bertz CT molecular complexity index is 563. The van der Waals surface area contributed by atoms with Crippen LogP contribution in [-0.2, 0) is 21.1 Å². The quantitative estimate of drug-likeness (QED) is 0.698. The van der Waals surface area contributed by atoms with Gasteiger partial charge in [-0.1, -0.05) is 26.0 Å². The number of hydrogen-bond donors (Lipinski definition) is 0. The Balaban J connectivity index is 2.86. The lowest BCUT2D eigenvalue weighted by atomic mass is 10.1. The van der Waals surface area contributed by atoms with Gasteiger partial charge in [-0.05, 0) is 12.3 Å². The summed E-state index contributed by atoms with van der Waals surface area (Å²) in [5.41, 5.74) is 0.867. The highest BCUT2D eigenvalue weighted by Gasteiger charge is 2.22. The number of rotatable bonds is 7. The summed E-state index contributed by atoms with van der Waals surface area (Å²) in [4.78, 5) is 11.6. The lowest BCUT2D eigenvalue weighted by molar-refractivity contribution is 0.0592. The molecular weight excluding hydrogens is 282 g/mol. The summed E-state index contributed by atoms with van der Waals surface area (Å²) in [5, 5.41) is 7.76. The standard InChI is InChI=1S/C12H21N3O4S/c1-5-20(17,18)8-6-7-15-11(9(2)3)10(13-14-15)12(16)19-4/h9H,5-8H2,1-4H3. The van der Waals surface area contributed by atoms with Crippen molar-refractivity contribution >= 4 is 15.8 Å². The minimum atomic E-state index is -2.99. The minimum absolute atomic E-state index is 0.0434. The lowest BCUT2D eigenvalue weighted by Gasteiger charge is -2.10. The number of ether oxygens (including phenoxy) is 1. The molecule has 0 unspecified atom stereocenters. The maximum absolute atomic E-state index is 11.6. The summed E-state index contributed by atoms with van der Waals surface area (Å²) >= 11 is 0. The van der Waals surface area contributed by atoms with E-state index in [0.29, 0.717) is 18.7 Å². The van der Waals surface area contributed by atoms with Gasteiger partial charge in [0.25, 0.3) is 0 Å². The molecule has 1 aromatic heterocycles. The number of hydrogen-bond acceptors (Lipinski definition) is 6. The average Bonchev–Trinajstić information content (AvgIpc) is 2.81. The molecule has 0 aliphatic rings. The van der Waals surface area contributed by atoms with Gasteiger partial charge in [0.2, 0.25) is 0 Å².